The van der Waals surface area contributed by atoms with Gasteiger partial charge in [-0.3, -0.25) is 23.2 Å². The number of carbonyl (C=O) groups is 2. The standard InChI is InChI=1S/C37H75NO8P/c1-7-9-11-13-15-17-19-21-23-25-27-29-36(39)43-33-35(34-45-47(41,42-6)44-32-31-38(3,4)5)46-37(40)30-28-26-24-22-20-18-16-14-12-10-8-2/h35H,7-34H2,1-6H3/q+1. The third-order valence-electron chi connectivity index (χ3n) is 8.35. The van der Waals surface area contributed by atoms with Gasteiger partial charge in [0.2, 0.25) is 0 Å². The van der Waals surface area contributed by atoms with Crippen LogP contribution in [0, 0.1) is 0 Å². The van der Waals surface area contributed by atoms with Gasteiger partial charge in [-0.15, -0.1) is 0 Å². The van der Waals surface area contributed by atoms with Gasteiger partial charge in [0, 0.05) is 20.0 Å². The van der Waals surface area contributed by atoms with Crippen molar-refractivity contribution in [2.45, 2.75) is 174 Å². The smallest absolute Gasteiger partial charge is 0.462 e. The second-order valence-corrected chi connectivity index (χ2v) is 15.9. The molecule has 0 fully saturated rings. The van der Waals surface area contributed by atoms with Crippen LogP contribution in [0.1, 0.15) is 168 Å². The van der Waals surface area contributed by atoms with Crippen molar-refractivity contribution in [1.82, 2.24) is 0 Å². The van der Waals surface area contributed by atoms with Gasteiger partial charge in [0.25, 0.3) is 0 Å². The van der Waals surface area contributed by atoms with Crippen molar-refractivity contribution in [3.8, 4) is 0 Å². The molecule has 0 aliphatic carbocycles. The number of quaternary nitrogens is 1. The van der Waals surface area contributed by atoms with Crippen LogP contribution in [0.5, 0.6) is 0 Å². The van der Waals surface area contributed by atoms with E-state index in [0.717, 1.165) is 38.5 Å². The minimum Gasteiger partial charge on any atom is -0.462 e. The van der Waals surface area contributed by atoms with Crippen molar-refractivity contribution < 1.29 is 41.7 Å². The molecule has 280 valence electrons. The van der Waals surface area contributed by atoms with Crippen LogP contribution in [-0.4, -0.2) is 77.1 Å². The van der Waals surface area contributed by atoms with Gasteiger partial charge < -0.3 is 14.0 Å². The first-order valence-electron chi connectivity index (χ1n) is 19.2. The van der Waals surface area contributed by atoms with Gasteiger partial charge in [-0.1, -0.05) is 142 Å². The van der Waals surface area contributed by atoms with E-state index in [-0.39, 0.29) is 38.2 Å². The molecule has 2 atom stereocenters. The first-order valence-corrected chi connectivity index (χ1v) is 20.6. The molecule has 9 nitrogen and oxygen atoms in total. The lowest BCUT2D eigenvalue weighted by Gasteiger charge is -2.25. The van der Waals surface area contributed by atoms with Crippen molar-refractivity contribution in [2.24, 2.45) is 0 Å². The van der Waals surface area contributed by atoms with E-state index in [1.165, 1.54) is 110 Å². The zero-order chi connectivity index (χ0) is 35.1. The van der Waals surface area contributed by atoms with Crippen LogP contribution in [0.3, 0.4) is 0 Å². The summed E-state index contributed by atoms with van der Waals surface area (Å²) in [5.41, 5.74) is 0. The van der Waals surface area contributed by atoms with Crippen molar-refractivity contribution in [3.05, 3.63) is 0 Å². The normalized spacial score (nSPS) is 13.7. The third kappa shape index (κ3) is 32.0. The summed E-state index contributed by atoms with van der Waals surface area (Å²) in [7, 11) is 3.39. The maximum Gasteiger partial charge on any atom is 0.474 e. The summed E-state index contributed by atoms with van der Waals surface area (Å²) in [6.07, 6.45) is 26.1. The molecule has 0 saturated heterocycles. The number of ether oxygens (including phenoxy) is 2. The SMILES string of the molecule is CCCCCCCCCCCCCC(=O)OCC(COP(=O)(OC)OCC[N+](C)(C)C)OC(=O)CCCCCCCCCCCCC. The van der Waals surface area contributed by atoms with Crippen LogP contribution in [0.15, 0.2) is 0 Å². The largest absolute Gasteiger partial charge is 0.474 e. The Bertz CT molecular complexity index is 789. The molecule has 0 aromatic rings. The Kier molecular flexibility index (Phi) is 30.4. The van der Waals surface area contributed by atoms with Gasteiger partial charge in [-0.25, -0.2) is 4.57 Å². The van der Waals surface area contributed by atoms with Crippen LogP contribution >= 0.6 is 7.82 Å². The van der Waals surface area contributed by atoms with Gasteiger partial charge in [0.05, 0.1) is 27.7 Å². The molecule has 0 N–H and O–H groups in total. The van der Waals surface area contributed by atoms with Gasteiger partial charge in [0.15, 0.2) is 6.10 Å². The van der Waals surface area contributed by atoms with E-state index in [1.807, 2.05) is 21.1 Å². The average molecular weight is 693 g/mol. The second kappa shape index (κ2) is 31.0. The van der Waals surface area contributed by atoms with Crippen molar-refractivity contribution in [1.29, 1.82) is 0 Å². The van der Waals surface area contributed by atoms with Crippen LogP contribution in [0.4, 0.5) is 0 Å². The fourth-order valence-corrected chi connectivity index (χ4v) is 6.17. The van der Waals surface area contributed by atoms with Crippen LogP contribution < -0.4 is 0 Å². The van der Waals surface area contributed by atoms with E-state index in [0.29, 0.717) is 17.4 Å². The topological polar surface area (TPSA) is 97.4 Å². The molecule has 0 radical (unpaired) electrons. The van der Waals surface area contributed by atoms with E-state index in [2.05, 4.69) is 13.8 Å². The summed E-state index contributed by atoms with van der Waals surface area (Å²) in [6.45, 7) is 4.83. The number of nitrogens with zero attached hydrogens (tertiary/aromatic N) is 1. The minimum atomic E-state index is -3.86. The molecule has 0 bridgehead atoms. The van der Waals surface area contributed by atoms with Gasteiger partial charge in [-0.05, 0) is 12.8 Å². The predicted molar refractivity (Wildman–Crippen MR) is 192 cm³/mol. The van der Waals surface area contributed by atoms with Crippen molar-refractivity contribution in [3.63, 3.8) is 0 Å². The highest BCUT2D eigenvalue weighted by molar-refractivity contribution is 7.48. The highest BCUT2D eigenvalue weighted by atomic mass is 31.2. The summed E-state index contributed by atoms with van der Waals surface area (Å²) < 4.78 is 40.7. The number of carbonyl (C=O) groups excluding carboxylic acids is 2. The van der Waals surface area contributed by atoms with Crippen LogP contribution in [0.2, 0.25) is 0 Å². The van der Waals surface area contributed by atoms with Crippen LogP contribution in [0.25, 0.3) is 0 Å². The van der Waals surface area contributed by atoms with Gasteiger partial charge in [0.1, 0.15) is 19.8 Å². The average Bonchev–Trinajstić information content (AvgIpc) is 3.03. The fourth-order valence-electron chi connectivity index (χ4n) is 5.23. The predicted octanol–water partition coefficient (Wildman–Crippen LogP) is 10.3. The van der Waals surface area contributed by atoms with Crippen molar-refractivity contribution in [2.75, 3.05) is 54.6 Å². The molecule has 0 amide bonds. The number of hydrogen-bond acceptors (Lipinski definition) is 8. The summed E-state index contributed by atoms with van der Waals surface area (Å²) in [5.74, 6) is -0.712. The number of esters is 2. The molecule has 0 heterocycles. The van der Waals surface area contributed by atoms with E-state index < -0.39 is 13.9 Å². The van der Waals surface area contributed by atoms with E-state index in [9.17, 15) is 14.2 Å². The van der Waals surface area contributed by atoms with E-state index in [4.69, 9.17) is 23.0 Å². The molecule has 0 aromatic carbocycles. The molecule has 0 rings (SSSR count). The number of unbranched alkanes of at least 4 members (excludes halogenated alkanes) is 20. The summed E-state index contributed by atoms with van der Waals surface area (Å²) in [6, 6.07) is 0. The monoisotopic (exact) mass is 693 g/mol. The first kappa shape index (κ1) is 46.0. The lowest BCUT2D eigenvalue weighted by molar-refractivity contribution is -0.870. The molecule has 2 unspecified atom stereocenters. The zero-order valence-electron chi connectivity index (χ0n) is 31.5. The Labute approximate surface area is 289 Å². The number of hydrogen-bond donors (Lipinski definition) is 0. The molecule has 0 aliphatic rings. The Morgan fingerprint density at radius 3 is 1.38 bits per heavy atom. The maximum absolute atomic E-state index is 13.0. The second-order valence-electron chi connectivity index (χ2n) is 14.1. The zero-order valence-corrected chi connectivity index (χ0v) is 32.4. The molecule has 47 heavy (non-hydrogen) atoms. The summed E-state index contributed by atoms with van der Waals surface area (Å²) in [5, 5.41) is 0. The van der Waals surface area contributed by atoms with E-state index in [1.54, 1.807) is 0 Å². The third-order valence-corrected chi connectivity index (χ3v) is 9.76. The molecule has 0 spiro atoms. The molecular formula is C37H75NO8P+. The lowest BCUT2D eigenvalue weighted by atomic mass is 10.1. The Morgan fingerprint density at radius 1 is 0.574 bits per heavy atom. The van der Waals surface area contributed by atoms with Gasteiger partial charge in [-0.2, -0.15) is 0 Å². The highest BCUT2D eigenvalue weighted by Crippen LogP contribution is 2.48. The van der Waals surface area contributed by atoms with Crippen molar-refractivity contribution >= 4 is 19.8 Å². The Balaban J connectivity index is 4.55. The lowest BCUT2D eigenvalue weighted by Crippen LogP contribution is -2.37. The number of likely N-dealkylation sites (N-methyl/N-ethyl adjacent to an activating group) is 1. The molecular weight excluding hydrogens is 617 g/mol. The quantitative estimate of drug-likeness (QED) is 0.0280. The maximum atomic E-state index is 13.0. The van der Waals surface area contributed by atoms with Gasteiger partial charge >= 0.3 is 19.8 Å². The highest BCUT2D eigenvalue weighted by Gasteiger charge is 2.29. The Hall–Kier alpha value is -0.990. The molecule has 10 heteroatoms. The number of rotatable bonds is 35. The number of phosphoric acid groups is 1. The molecule has 0 aliphatic heterocycles. The van der Waals surface area contributed by atoms with E-state index >= 15 is 0 Å². The number of phosphoric ester groups is 1. The summed E-state index contributed by atoms with van der Waals surface area (Å²) in [4.78, 5) is 25.1. The Morgan fingerprint density at radius 2 is 0.979 bits per heavy atom. The molecule has 0 saturated carbocycles. The van der Waals surface area contributed by atoms with Crippen LogP contribution in [-0.2, 0) is 37.2 Å². The molecule has 0 aromatic heterocycles. The first-order chi connectivity index (χ1) is 22.5. The fraction of sp³-hybridized carbons (Fsp3) is 0.946. The summed E-state index contributed by atoms with van der Waals surface area (Å²) >= 11 is 0. The minimum absolute atomic E-state index is 0.163.